The lowest BCUT2D eigenvalue weighted by molar-refractivity contribution is -0.137. The SMILES string of the molecule is COc1cc(CNC(=O)C(C)N2C(=O)NC3(CCCC3)C2=O)ccc1OCC(N)=O. The Kier molecular flexibility index (Phi) is 6.14. The summed E-state index contributed by atoms with van der Waals surface area (Å²) in [5, 5.41) is 5.51. The predicted octanol–water partition coefficient (Wildman–Crippen LogP) is 0.429. The lowest BCUT2D eigenvalue weighted by Gasteiger charge is -2.23. The lowest BCUT2D eigenvalue weighted by atomic mass is 9.97. The first kappa shape index (κ1) is 21.4. The highest BCUT2D eigenvalue weighted by Crippen LogP contribution is 2.35. The van der Waals surface area contributed by atoms with Crippen LogP contribution in [0, 0.1) is 0 Å². The van der Waals surface area contributed by atoms with Crippen molar-refractivity contribution in [3.63, 3.8) is 0 Å². The molecule has 3 rings (SSSR count). The maximum absolute atomic E-state index is 12.8. The van der Waals surface area contributed by atoms with E-state index in [1.165, 1.54) is 14.0 Å². The van der Waals surface area contributed by atoms with Crippen molar-refractivity contribution in [2.24, 2.45) is 5.73 Å². The van der Waals surface area contributed by atoms with Gasteiger partial charge >= 0.3 is 6.03 Å². The Labute approximate surface area is 174 Å². The number of carbonyl (C=O) groups is 4. The molecule has 1 saturated heterocycles. The number of nitrogens with two attached hydrogens (primary N) is 1. The molecule has 0 radical (unpaired) electrons. The van der Waals surface area contributed by atoms with E-state index in [0.29, 0.717) is 29.9 Å². The molecule has 1 aliphatic carbocycles. The molecule has 1 aliphatic heterocycles. The lowest BCUT2D eigenvalue weighted by Crippen LogP contribution is -2.49. The van der Waals surface area contributed by atoms with Crippen LogP contribution < -0.4 is 25.8 Å². The van der Waals surface area contributed by atoms with Gasteiger partial charge in [0.25, 0.3) is 11.8 Å². The molecule has 30 heavy (non-hydrogen) atoms. The van der Waals surface area contributed by atoms with Gasteiger partial charge in [-0.2, -0.15) is 0 Å². The van der Waals surface area contributed by atoms with E-state index < -0.39 is 29.4 Å². The van der Waals surface area contributed by atoms with Gasteiger partial charge in [0.1, 0.15) is 11.6 Å². The van der Waals surface area contributed by atoms with Gasteiger partial charge in [-0.05, 0) is 37.5 Å². The average Bonchev–Trinajstić information content (AvgIpc) is 3.28. The van der Waals surface area contributed by atoms with Gasteiger partial charge in [-0.3, -0.25) is 14.4 Å². The highest BCUT2D eigenvalue weighted by atomic mass is 16.5. The Morgan fingerprint density at radius 1 is 1.27 bits per heavy atom. The maximum atomic E-state index is 12.8. The topological polar surface area (TPSA) is 140 Å². The third kappa shape index (κ3) is 4.17. The smallest absolute Gasteiger partial charge is 0.325 e. The van der Waals surface area contributed by atoms with Crippen molar-refractivity contribution in [3.8, 4) is 11.5 Å². The molecule has 1 spiro atoms. The van der Waals surface area contributed by atoms with Crippen molar-refractivity contribution >= 4 is 23.8 Å². The fourth-order valence-corrected chi connectivity index (χ4v) is 3.85. The molecular weight excluding hydrogens is 392 g/mol. The number of primary amides is 1. The molecule has 1 unspecified atom stereocenters. The molecule has 2 fully saturated rings. The monoisotopic (exact) mass is 418 g/mol. The second kappa shape index (κ2) is 8.60. The summed E-state index contributed by atoms with van der Waals surface area (Å²) in [5.74, 6) is -0.650. The van der Waals surface area contributed by atoms with Gasteiger partial charge in [0.05, 0.1) is 7.11 Å². The predicted molar refractivity (Wildman–Crippen MR) is 106 cm³/mol. The summed E-state index contributed by atoms with van der Waals surface area (Å²) in [5.41, 5.74) is 4.94. The minimum Gasteiger partial charge on any atom is -0.493 e. The van der Waals surface area contributed by atoms with Crippen LogP contribution in [-0.4, -0.2) is 54.0 Å². The van der Waals surface area contributed by atoms with Gasteiger partial charge in [-0.1, -0.05) is 18.9 Å². The largest absolute Gasteiger partial charge is 0.493 e. The normalized spacial score (nSPS) is 18.3. The molecular formula is C20H26N4O6. The standard InChI is InChI=1S/C20H26N4O6/c1-12(24-18(27)20(23-19(24)28)7-3-4-8-20)17(26)22-10-13-5-6-14(15(9-13)29-2)30-11-16(21)25/h5-6,9,12H,3-4,7-8,10-11H2,1-2H3,(H2,21,25)(H,22,26)(H,23,28). The minimum atomic E-state index is -0.933. The fraction of sp³-hybridized carbons (Fsp3) is 0.500. The number of hydrogen-bond donors (Lipinski definition) is 3. The molecule has 10 heteroatoms. The van der Waals surface area contributed by atoms with Crippen molar-refractivity contribution in [3.05, 3.63) is 23.8 Å². The number of imide groups is 1. The molecule has 1 aromatic rings. The fourth-order valence-electron chi connectivity index (χ4n) is 3.85. The summed E-state index contributed by atoms with van der Waals surface area (Å²) < 4.78 is 10.5. The maximum Gasteiger partial charge on any atom is 0.325 e. The second-order valence-corrected chi connectivity index (χ2v) is 7.53. The zero-order chi connectivity index (χ0) is 21.9. The van der Waals surface area contributed by atoms with Gasteiger partial charge in [-0.25, -0.2) is 9.69 Å². The van der Waals surface area contributed by atoms with Crippen LogP contribution in [0.25, 0.3) is 0 Å². The molecule has 4 N–H and O–H groups in total. The van der Waals surface area contributed by atoms with Crippen LogP contribution >= 0.6 is 0 Å². The summed E-state index contributed by atoms with van der Waals surface area (Å²) in [7, 11) is 1.45. The molecule has 1 atom stereocenters. The van der Waals surface area contributed by atoms with E-state index in [-0.39, 0.29) is 19.1 Å². The van der Waals surface area contributed by atoms with Crippen LogP contribution in [0.1, 0.15) is 38.2 Å². The van der Waals surface area contributed by atoms with E-state index >= 15 is 0 Å². The number of amides is 5. The molecule has 162 valence electrons. The van der Waals surface area contributed by atoms with Crippen molar-refractivity contribution in [2.75, 3.05) is 13.7 Å². The molecule has 0 bridgehead atoms. The number of methoxy groups -OCH3 is 1. The number of ether oxygens (including phenoxy) is 2. The van der Waals surface area contributed by atoms with Crippen LogP contribution in [0.3, 0.4) is 0 Å². The van der Waals surface area contributed by atoms with Crippen molar-refractivity contribution in [2.45, 2.75) is 50.7 Å². The highest BCUT2D eigenvalue weighted by molar-refractivity contribution is 6.09. The van der Waals surface area contributed by atoms with E-state index in [1.807, 2.05) is 0 Å². The van der Waals surface area contributed by atoms with Crippen LogP contribution in [0.15, 0.2) is 18.2 Å². The summed E-state index contributed by atoms with van der Waals surface area (Å²) in [4.78, 5) is 49.6. The number of nitrogens with zero attached hydrogens (tertiary/aromatic N) is 1. The third-order valence-electron chi connectivity index (χ3n) is 5.48. The van der Waals surface area contributed by atoms with E-state index in [0.717, 1.165) is 17.7 Å². The first-order chi connectivity index (χ1) is 14.3. The van der Waals surface area contributed by atoms with E-state index in [4.69, 9.17) is 15.2 Å². The Morgan fingerprint density at radius 2 is 1.97 bits per heavy atom. The van der Waals surface area contributed by atoms with Crippen LogP contribution in [-0.2, 0) is 20.9 Å². The van der Waals surface area contributed by atoms with Gasteiger partial charge in [0.15, 0.2) is 18.1 Å². The molecule has 1 aromatic carbocycles. The summed E-state index contributed by atoms with van der Waals surface area (Å²) >= 11 is 0. The van der Waals surface area contributed by atoms with Crippen LogP contribution in [0.5, 0.6) is 11.5 Å². The Morgan fingerprint density at radius 3 is 2.60 bits per heavy atom. The van der Waals surface area contributed by atoms with Gasteiger partial charge in [0, 0.05) is 6.54 Å². The molecule has 10 nitrogen and oxygen atoms in total. The highest BCUT2D eigenvalue weighted by Gasteiger charge is 2.54. The van der Waals surface area contributed by atoms with E-state index in [1.54, 1.807) is 18.2 Å². The summed E-state index contributed by atoms with van der Waals surface area (Å²) in [6.07, 6.45) is 2.96. The Hall–Kier alpha value is -3.30. The third-order valence-corrected chi connectivity index (χ3v) is 5.48. The summed E-state index contributed by atoms with van der Waals surface area (Å²) in [6, 6.07) is 3.50. The zero-order valence-electron chi connectivity index (χ0n) is 17.0. The van der Waals surface area contributed by atoms with Crippen molar-refractivity contribution < 1.29 is 28.7 Å². The quantitative estimate of drug-likeness (QED) is 0.523. The Balaban J connectivity index is 1.61. The molecule has 0 aromatic heterocycles. The van der Waals surface area contributed by atoms with E-state index in [9.17, 15) is 19.2 Å². The molecule has 1 heterocycles. The van der Waals surface area contributed by atoms with Crippen LogP contribution in [0.2, 0.25) is 0 Å². The Bertz CT molecular complexity index is 865. The summed E-state index contributed by atoms with van der Waals surface area (Å²) in [6.45, 7) is 1.41. The molecule has 1 saturated carbocycles. The van der Waals surface area contributed by atoms with Gasteiger partial charge in [-0.15, -0.1) is 0 Å². The van der Waals surface area contributed by atoms with Gasteiger partial charge < -0.3 is 25.8 Å². The number of rotatable bonds is 8. The zero-order valence-corrected chi connectivity index (χ0v) is 17.0. The molecule has 2 aliphatic rings. The van der Waals surface area contributed by atoms with E-state index in [2.05, 4.69) is 10.6 Å². The van der Waals surface area contributed by atoms with Gasteiger partial charge in [0.2, 0.25) is 5.91 Å². The minimum absolute atomic E-state index is 0.157. The average molecular weight is 418 g/mol. The molecule has 5 amide bonds. The first-order valence-corrected chi connectivity index (χ1v) is 9.79. The number of hydrogen-bond acceptors (Lipinski definition) is 6. The number of carbonyl (C=O) groups excluding carboxylic acids is 4. The second-order valence-electron chi connectivity index (χ2n) is 7.53. The van der Waals surface area contributed by atoms with Crippen LogP contribution in [0.4, 0.5) is 4.79 Å². The number of benzene rings is 1. The number of nitrogens with one attached hydrogen (secondary N) is 2. The van der Waals surface area contributed by atoms with Crippen molar-refractivity contribution in [1.29, 1.82) is 0 Å². The van der Waals surface area contributed by atoms with Crippen molar-refractivity contribution in [1.82, 2.24) is 15.5 Å². The first-order valence-electron chi connectivity index (χ1n) is 9.79. The number of urea groups is 1.